The highest BCUT2D eigenvalue weighted by atomic mass is 16.5. The Balaban J connectivity index is 0.000000650. The van der Waals surface area contributed by atoms with Gasteiger partial charge in [-0.2, -0.15) is 5.10 Å². The first kappa shape index (κ1) is 53.6. The lowest BCUT2D eigenvalue weighted by molar-refractivity contribution is -0.0558. The van der Waals surface area contributed by atoms with E-state index in [1.165, 1.54) is 69.2 Å². The third-order valence-electron chi connectivity index (χ3n) is 10.3. The van der Waals surface area contributed by atoms with Crippen LogP contribution in [0.1, 0.15) is 201 Å². The summed E-state index contributed by atoms with van der Waals surface area (Å²) >= 11 is 0. The summed E-state index contributed by atoms with van der Waals surface area (Å²) in [6.45, 7) is 47.2. The number of aromatic amines is 1. The molecule has 0 spiro atoms. The van der Waals surface area contributed by atoms with Gasteiger partial charge in [0.1, 0.15) is 12.2 Å². The van der Waals surface area contributed by atoms with Crippen LogP contribution < -0.4 is 0 Å². The van der Waals surface area contributed by atoms with Gasteiger partial charge in [0, 0.05) is 47.9 Å². The molecule has 0 aromatic carbocycles. The molecule has 56 heavy (non-hydrogen) atoms. The molecule has 0 radical (unpaired) electrons. The van der Waals surface area contributed by atoms with Crippen LogP contribution in [0.15, 0.2) is 29.4 Å². The van der Waals surface area contributed by atoms with Crippen LogP contribution in [0, 0.1) is 17.8 Å². The summed E-state index contributed by atoms with van der Waals surface area (Å²) < 4.78 is 7.89. The first-order valence-electron chi connectivity index (χ1n) is 21.3. The molecule has 2 aromatic rings. The van der Waals surface area contributed by atoms with E-state index in [2.05, 4.69) is 145 Å². The van der Waals surface area contributed by atoms with E-state index in [0.717, 1.165) is 17.9 Å². The van der Waals surface area contributed by atoms with Crippen molar-refractivity contribution in [3.05, 3.63) is 41.6 Å². The molecule has 5 rings (SSSR count). The van der Waals surface area contributed by atoms with Crippen molar-refractivity contribution < 1.29 is 9.84 Å². The van der Waals surface area contributed by atoms with Crippen molar-refractivity contribution >= 4 is 6.21 Å². The lowest BCUT2D eigenvalue weighted by Crippen LogP contribution is -2.38. The minimum absolute atomic E-state index is 0.00694. The number of aliphatic hydroxyl groups is 1. The van der Waals surface area contributed by atoms with Crippen molar-refractivity contribution in [1.29, 1.82) is 0 Å². The molecule has 3 aliphatic rings. The number of rotatable bonds is 1. The molecule has 326 valence electrons. The summed E-state index contributed by atoms with van der Waals surface area (Å²) in [5.74, 6) is 0.933. The highest BCUT2D eigenvalue weighted by Crippen LogP contribution is 2.30. The molecular weight excluding hydrogens is 695 g/mol. The van der Waals surface area contributed by atoms with E-state index in [1.54, 1.807) is 0 Å². The van der Waals surface area contributed by atoms with E-state index in [0.29, 0.717) is 17.1 Å². The number of hydrogen-bond acceptors (Lipinski definition) is 7. The molecule has 0 amide bonds. The van der Waals surface area contributed by atoms with Gasteiger partial charge in [0.25, 0.3) is 0 Å². The molecule has 1 saturated carbocycles. The first-order valence-corrected chi connectivity index (χ1v) is 21.3. The van der Waals surface area contributed by atoms with Gasteiger partial charge in [-0.05, 0) is 117 Å². The lowest BCUT2D eigenvalue weighted by atomic mass is 9.79. The van der Waals surface area contributed by atoms with Gasteiger partial charge in [-0.15, -0.1) is 0 Å². The maximum absolute atomic E-state index is 9.35. The molecule has 1 aliphatic carbocycles. The smallest absolute Gasteiger partial charge is 0.137 e. The normalized spacial score (nSPS) is 16.9. The Morgan fingerprint density at radius 2 is 1.21 bits per heavy atom. The zero-order chi connectivity index (χ0) is 44.0. The first-order chi connectivity index (χ1) is 25.1. The molecule has 0 unspecified atom stereocenters. The minimum atomic E-state index is -0.562. The number of hydrogen-bond donors (Lipinski definition) is 2. The summed E-state index contributed by atoms with van der Waals surface area (Å²) in [5.41, 5.74) is 4.41. The SMILES string of the molecule is CC(C)(C)C(C)(C)O.CC(C)(C)C1=CN=CC1.CC(C)(C)N1CCCC1.CC(C)(C)OC1CCCC1.CC(C)(C)c1ncn[nH]1.Cc1ncn(C)c1C(C)(C)C. The Hall–Kier alpha value is -2.36. The number of nitrogens with one attached hydrogen (secondary N) is 1. The highest BCUT2D eigenvalue weighted by Gasteiger charge is 2.29. The zero-order valence-electron chi connectivity index (χ0n) is 40.8. The number of imidazole rings is 1. The third kappa shape index (κ3) is 22.5. The van der Waals surface area contributed by atoms with E-state index < -0.39 is 5.60 Å². The van der Waals surface area contributed by atoms with Gasteiger partial charge in [0.15, 0.2) is 0 Å². The molecular formula is C47H91N7O2. The second kappa shape index (κ2) is 22.1. The van der Waals surface area contributed by atoms with Crippen LogP contribution in [0.2, 0.25) is 0 Å². The van der Waals surface area contributed by atoms with E-state index in [9.17, 15) is 5.11 Å². The molecule has 9 heteroatoms. The molecule has 2 aromatic heterocycles. The Labute approximate surface area is 346 Å². The summed E-state index contributed by atoms with van der Waals surface area (Å²) in [6.07, 6.45) is 17.0. The number of likely N-dealkylation sites (tertiary alicyclic amines) is 1. The summed E-state index contributed by atoms with van der Waals surface area (Å²) in [7, 11) is 2.04. The van der Waals surface area contributed by atoms with Crippen LogP contribution in [0.5, 0.6) is 0 Å². The van der Waals surface area contributed by atoms with Crippen LogP contribution in [0.25, 0.3) is 0 Å². The Morgan fingerprint density at radius 3 is 1.43 bits per heavy atom. The monoisotopic (exact) mass is 786 g/mol. The van der Waals surface area contributed by atoms with E-state index in [1.807, 2.05) is 60.4 Å². The van der Waals surface area contributed by atoms with Crippen LogP contribution in [-0.2, 0) is 22.6 Å². The van der Waals surface area contributed by atoms with Crippen molar-refractivity contribution in [1.82, 2.24) is 29.6 Å². The van der Waals surface area contributed by atoms with Crippen molar-refractivity contribution in [2.45, 2.75) is 224 Å². The standard InChI is InChI=1S/C9H16N2.C9H18O.C8H13N.C8H17N.C7H16O.C6H11N3/c1-7-8(9(2,3)4)11(5)6-10-7;1-9(2,3)10-8-6-4-5-7-8;1-8(2,3)7-4-5-9-6-7;1-8(2,3)9-6-4-5-7-9;1-6(2,3)7(4,5)8;1-6(2,3)5-7-4-8-9-5/h6H,1-5H3;8H,4-7H2,1-3H3;5-6H,4H2,1-3H3;4-7H2,1-3H3;8H,1-5H3;4H,1-3H3,(H,7,8,9). The van der Waals surface area contributed by atoms with Crippen LogP contribution in [0.3, 0.4) is 0 Å². The average Bonchev–Trinajstić information content (AvgIpc) is 3.82. The van der Waals surface area contributed by atoms with Gasteiger partial charge in [-0.25, -0.2) is 9.97 Å². The number of aromatic nitrogens is 5. The zero-order valence-corrected chi connectivity index (χ0v) is 40.8. The topological polar surface area (TPSA) is 104 Å². The lowest BCUT2D eigenvalue weighted by Gasteiger charge is -2.33. The van der Waals surface area contributed by atoms with Crippen molar-refractivity contribution in [2.75, 3.05) is 13.1 Å². The molecule has 2 aliphatic heterocycles. The minimum Gasteiger partial charge on any atom is -0.390 e. The third-order valence-corrected chi connectivity index (χ3v) is 10.3. The number of allylic oxidation sites excluding steroid dienone is 1. The maximum Gasteiger partial charge on any atom is 0.137 e. The molecule has 2 fully saturated rings. The number of H-pyrrole nitrogens is 1. The van der Waals surface area contributed by atoms with Crippen LogP contribution in [0.4, 0.5) is 0 Å². The summed E-state index contributed by atoms with van der Waals surface area (Å²) in [4.78, 5) is 14.9. The van der Waals surface area contributed by atoms with Crippen LogP contribution >= 0.6 is 0 Å². The van der Waals surface area contributed by atoms with Gasteiger partial charge in [-0.3, -0.25) is 15.0 Å². The maximum atomic E-state index is 9.35. The van der Waals surface area contributed by atoms with E-state index in [-0.39, 0.29) is 21.8 Å². The Kier molecular flexibility index (Phi) is 21.2. The summed E-state index contributed by atoms with van der Waals surface area (Å²) in [6, 6.07) is 0. The van der Waals surface area contributed by atoms with E-state index >= 15 is 0 Å². The van der Waals surface area contributed by atoms with E-state index in [4.69, 9.17) is 4.74 Å². The van der Waals surface area contributed by atoms with Crippen LogP contribution in [-0.4, -0.2) is 76.9 Å². The molecule has 0 bridgehead atoms. The van der Waals surface area contributed by atoms with Gasteiger partial charge in [0.05, 0.1) is 29.3 Å². The van der Waals surface area contributed by atoms with Crippen molar-refractivity contribution in [3.63, 3.8) is 0 Å². The number of ether oxygens (including phenoxy) is 1. The van der Waals surface area contributed by atoms with Gasteiger partial charge < -0.3 is 14.4 Å². The predicted molar refractivity (Wildman–Crippen MR) is 242 cm³/mol. The van der Waals surface area contributed by atoms with Crippen molar-refractivity contribution in [3.8, 4) is 0 Å². The van der Waals surface area contributed by atoms with Crippen molar-refractivity contribution in [2.24, 2.45) is 22.9 Å². The van der Waals surface area contributed by atoms with Gasteiger partial charge >= 0.3 is 0 Å². The predicted octanol–water partition coefficient (Wildman–Crippen LogP) is 11.9. The largest absolute Gasteiger partial charge is 0.390 e. The van der Waals surface area contributed by atoms with Gasteiger partial charge in [-0.1, -0.05) is 95.9 Å². The quantitative estimate of drug-likeness (QED) is 0.298. The molecule has 0 atom stereocenters. The number of aryl methyl sites for hydroxylation is 2. The fraction of sp³-hybridized carbons (Fsp3) is 0.830. The Bertz CT molecular complexity index is 1360. The second-order valence-corrected chi connectivity index (χ2v) is 22.4. The molecule has 1 saturated heterocycles. The number of aliphatic imine (C=N–C) groups is 1. The van der Waals surface area contributed by atoms with Gasteiger partial charge in [0.2, 0.25) is 0 Å². The molecule has 9 nitrogen and oxygen atoms in total. The summed E-state index contributed by atoms with van der Waals surface area (Å²) in [5, 5.41) is 15.9. The molecule has 2 N–H and O–H groups in total. The second-order valence-electron chi connectivity index (χ2n) is 22.4. The number of nitrogens with zero attached hydrogens (tertiary/aromatic N) is 6. The molecule has 4 heterocycles. The fourth-order valence-electron chi connectivity index (χ4n) is 5.93. The Morgan fingerprint density at radius 1 is 0.714 bits per heavy atom. The highest BCUT2D eigenvalue weighted by molar-refractivity contribution is 5.65. The fourth-order valence-corrected chi connectivity index (χ4v) is 5.93. The average molecular weight is 786 g/mol.